The van der Waals surface area contributed by atoms with Gasteiger partial charge >= 0.3 is 0 Å². The molecule has 9 rings (SSSR count). The Kier molecular flexibility index (Phi) is 6.55. The predicted octanol–water partition coefficient (Wildman–Crippen LogP) is 13.1. The lowest BCUT2D eigenvalue weighted by Gasteiger charge is -2.30. The van der Waals surface area contributed by atoms with Crippen molar-refractivity contribution < 1.29 is 0 Å². The van der Waals surface area contributed by atoms with Crippen molar-refractivity contribution in [2.75, 3.05) is 4.90 Å². The van der Waals surface area contributed by atoms with Gasteiger partial charge < -0.3 is 4.90 Å². The van der Waals surface area contributed by atoms with Crippen molar-refractivity contribution in [3.63, 3.8) is 0 Å². The van der Waals surface area contributed by atoms with E-state index in [0.717, 1.165) is 17.1 Å². The molecule has 228 valence electrons. The highest BCUT2D eigenvalue weighted by atomic mass is 15.1. The van der Waals surface area contributed by atoms with Crippen LogP contribution in [0.2, 0.25) is 0 Å². The fraction of sp³-hybridized carbons (Fsp3) is 0.0638. The quantitative estimate of drug-likeness (QED) is 0.187. The summed E-state index contributed by atoms with van der Waals surface area (Å²) in [6, 6.07) is 64.4. The van der Waals surface area contributed by atoms with E-state index < -0.39 is 0 Å². The molecule has 0 bridgehead atoms. The maximum Gasteiger partial charge on any atom is 0.0546 e. The van der Waals surface area contributed by atoms with Crippen molar-refractivity contribution in [3.05, 3.63) is 187 Å². The fourth-order valence-electron chi connectivity index (χ4n) is 7.78. The molecule has 0 heterocycles. The third kappa shape index (κ3) is 4.54. The van der Waals surface area contributed by atoms with E-state index in [0.29, 0.717) is 0 Å². The summed E-state index contributed by atoms with van der Waals surface area (Å²) in [7, 11) is 0. The average molecular weight is 614 g/mol. The predicted molar refractivity (Wildman–Crippen MR) is 205 cm³/mol. The number of hydrogen-bond donors (Lipinski definition) is 0. The Hall–Kier alpha value is -5.92. The van der Waals surface area contributed by atoms with Crippen LogP contribution in [0.15, 0.2) is 176 Å². The molecule has 0 saturated carbocycles. The molecule has 0 atom stereocenters. The molecule has 48 heavy (non-hydrogen) atoms. The zero-order valence-corrected chi connectivity index (χ0v) is 27.2. The van der Waals surface area contributed by atoms with Crippen molar-refractivity contribution in [1.29, 1.82) is 0 Å². The second-order valence-electron chi connectivity index (χ2n) is 13.4. The fourth-order valence-corrected chi connectivity index (χ4v) is 7.78. The minimum Gasteiger partial charge on any atom is -0.310 e. The Balaban J connectivity index is 1.26. The molecule has 0 aromatic heterocycles. The SMILES string of the molecule is CC1(C)c2cc(N(c3ccccc3)c3cc4ccccc4cc3-c3ccccc3)ccc2-c2c(-c3ccc4ccccc4c3)cccc21. The Morgan fingerprint density at radius 1 is 0.375 bits per heavy atom. The Labute approximate surface area is 282 Å². The summed E-state index contributed by atoms with van der Waals surface area (Å²) in [5, 5.41) is 4.99. The number of para-hydroxylation sites is 1. The zero-order valence-electron chi connectivity index (χ0n) is 27.2. The third-order valence-electron chi connectivity index (χ3n) is 10.2. The number of anilines is 3. The standard InChI is InChI=1S/C47H35N/c1-47(2)43-23-13-22-40(37-25-24-32-14-9-10-17-34(32)28-37)46(43)41-27-26-39(31-44(41)47)48(38-20-7-4-8-21-38)45-30-36-19-12-11-18-35(36)29-42(45)33-15-5-3-6-16-33/h3-31H,1-2H3. The first-order valence-corrected chi connectivity index (χ1v) is 16.8. The van der Waals surface area contributed by atoms with E-state index in [1.807, 2.05) is 0 Å². The topological polar surface area (TPSA) is 3.24 Å². The van der Waals surface area contributed by atoms with Crippen molar-refractivity contribution in [2.45, 2.75) is 19.3 Å². The lowest BCUT2D eigenvalue weighted by atomic mass is 9.81. The van der Waals surface area contributed by atoms with Gasteiger partial charge in [-0.3, -0.25) is 0 Å². The van der Waals surface area contributed by atoms with Gasteiger partial charge in [-0.25, -0.2) is 0 Å². The zero-order chi connectivity index (χ0) is 32.2. The largest absolute Gasteiger partial charge is 0.310 e. The first-order chi connectivity index (χ1) is 23.6. The summed E-state index contributed by atoms with van der Waals surface area (Å²) in [5.74, 6) is 0. The molecule has 1 nitrogen and oxygen atoms in total. The van der Waals surface area contributed by atoms with E-state index >= 15 is 0 Å². The van der Waals surface area contributed by atoms with Crippen LogP contribution in [0.1, 0.15) is 25.0 Å². The van der Waals surface area contributed by atoms with Crippen molar-refractivity contribution in [2.24, 2.45) is 0 Å². The second kappa shape index (κ2) is 11.1. The maximum atomic E-state index is 2.44. The molecule has 0 saturated heterocycles. The monoisotopic (exact) mass is 613 g/mol. The van der Waals surface area contributed by atoms with Crippen LogP contribution in [0.25, 0.3) is 54.9 Å². The van der Waals surface area contributed by atoms with Gasteiger partial charge in [-0.1, -0.05) is 147 Å². The molecule has 0 aliphatic heterocycles. The van der Waals surface area contributed by atoms with Crippen LogP contribution in [0, 0.1) is 0 Å². The molecule has 8 aromatic carbocycles. The number of fused-ring (bicyclic) bond motifs is 5. The smallest absolute Gasteiger partial charge is 0.0546 e. The molecule has 8 aromatic rings. The Morgan fingerprint density at radius 3 is 1.77 bits per heavy atom. The maximum absolute atomic E-state index is 2.44. The molecule has 0 amide bonds. The molecular formula is C47H35N. The molecule has 0 fully saturated rings. The third-order valence-corrected chi connectivity index (χ3v) is 10.2. The van der Waals surface area contributed by atoms with Crippen LogP contribution in [-0.2, 0) is 5.41 Å². The van der Waals surface area contributed by atoms with Crippen LogP contribution in [0.3, 0.4) is 0 Å². The van der Waals surface area contributed by atoms with E-state index in [9.17, 15) is 0 Å². The number of nitrogens with zero attached hydrogens (tertiary/aromatic N) is 1. The van der Waals surface area contributed by atoms with Gasteiger partial charge in [-0.15, -0.1) is 0 Å². The molecule has 0 spiro atoms. The highest BCUT2D eigenvalue weighted by molar-refractivity contribution is 6.00. The average Bonchev–Trinajstić information content (AvgIpc) is 3.37. The van der Waals surface area contributed by atoms with Gasteiger partial charge in [0.05, 0.1) is 5.69 Å². The minimum absolute atomic E-state index is 0.165. The van der Waals surface area contributed by atoms with Gasteiger partial charge in [0.2, 0.25) is 0 Å². The van der Waals surface area contributed by atoms with Gasteiger partial charge in [0.1, 0.15) is 0 Å². The summed E-state index contributed by atoms with van der Waals surface area (Å²) in [5.41, 5.74) is 13.6. The summed E-state index contributed by atoms with van der Waals surface area (Å²) in [4.78, 5) is 2.44. The normalized spacial score (nSPS) is 13.0. The summed E-state index contributed by atoms with van der Waals surface area (Å²) >= 11 is 0. The Bertz CT molecular complexity index is 2470. The van der Waals surface area contributed by atoms with Gasteiger partial charge in [0.15, 0.2) is 0 Å². The Morgan fingerprint density at radius 2 is 1.02 bits per heavy atom. The van der Waals surface area contributed by atoms with E-state index in [-0.39, 0.29) is 5.41 Å². The van der Waals surface area contributed by atoms with Crippen LogP contribution in [0.5, 0.6) is 0 Å². The highest BCUT2D eigenvalue weighted by Crippen LogP contribution is 2.54. The minimum atomic E-state index is -0.165. The number of rotatable bonds is 5. The molecule has 1 aliphatic carbocycles. The molecule has 1 aliphatic rings. The second-order valence-corrected chi connectivity index (χ2v) is 13.4. The van der Waals surface area contributed by atoms with Crippen molar-refractivity contribution >= 4 is 38.6 Å². The first kappa shape index (κ1) is 28.3. The number of hydrogen-bond acceptors (Lipinski definition) is 1. The van der Waals surface area contributed by atoms with Gasteiger partial charge in [0, 0.05) is 22.4 Å². The van der Waals surface area contributed by atoms with E-state index in [1.165, 1.54) is 66.1 Å². The molecular weight excluding hydrogens is 579 g/mol. The lowest BCUT2D eigenvalue weighted by Crippen LogP contribution is -2.17. The van der Waals surface area contributed by atoms with Gasteiger partial charge in [0.25, 0.3) is 0 Å². The van der Waals surface area contributed by atoms with Gasteiger partial charge in [-0.05, 0) is 103 Å². The van der Waals surface area contributed by atoms with Crippen LogP contribution in [0.4, 0.5) is 17.1 Å². The number of benzene rings is 8. The van der Waals surface area contributed by atoms with Crippen LogP contribution < -0.4 is 4.90 Å². The van der Waals surface area contributed by atoms with E-state index in [4.69, 9.17) is 0 Å². The van der Waals surface area contributed by atoms with E-state index in [1.54, 1.807) is 0 Å². The summed E-state index contributed by atoms with van der Waals surface area (Å²) in [6.45, 7) is 4.76. The first-order valence-electron chi connectivity index (χ1n) is 16.8. The van der Waals surface area contributed by atoms with Crippen LogP contribution >= 0.6 is 0 Å². The summed E-state index contributed by atoms with van der Waals surface area (Å²) in [6.07, 6.45) is 0. The lowest BCUT2D eigenvalue weighted by molar-refractivity contribution is 0.660. The van der Waals surface area contributed by atoms with E-state index in [2.05, 4.69) is 195 Å². The molecule has 0 N–H and O–H groups in total. The molecule has 0 radical (unpaired) electrons. The molecule has 0 unspecified atom stereocenters. The molecule has 1 heteroatoms. The highest BCUT2D eigenvalue weighted by Gasteiger charge is 2.37. The van der Waals surface area contributed by atoms with Crippen LogP contribution in [-0.4, -0.2) is 0 Å². The van der Waals surface area contributed by atoms with Crippen molar-refractivity contribution in [3.8, 4) is 33.4 Å². The van der Waals surface area contributed by atoms with Crippen molar-refractivity contribution in [1.82, 2.24) is 0 Å². The summed E-state index contributed by atoms with van der Waals surface area (Å²) < 4.78 is 0. The van der Waals surface area contributed by atoms with Gasteiger partial charge in [-0.2, -0.15) is 0 Å².